The van der Waals surface area contributed by atoms with Gasteiger partial charge in [-0.3, -0.25) is 0 Å². The van der Waals surface area contributed by atoms with Gasteiger partial charge in [-0.25, -0.2) is 0 Å². The Hall–Kier alpha value is 0.797. The van der Waals surface area contributed by atoms with E-state index in [1.165, 1.54) is 32.1 Å². The van der Waals surface area contributed by atoms with Gasteiger partial charge >= 0.3 is 0 Å². The lowest BCUT2D eigenvalue weighted by Crippen LogP contribution is -2.11. The highest BCUT2D eigenvalue weighted by Gasteiger charge is 2.19. The van der Waals surface area contributed by atoms with Crippen molar-refractivity contribution < 1.29 is 0 Å². The second kappa shape index (κ2) is 6.33. The third-order valence-corrected chi connectivity index (χ3v) is 4.08. The van der Waals surface area contributed by atoms with Crippen molar-refractivity contribution in [2.75, 3.05) is 0 Å². The Morgan fingerprint density at radius 1 is 1.00 bits per heavy atom. The summed E-state index contributed by atoms with van der Waals surface area (Å²) in [6.45, 7) is 2.45. The Kier molecular flexibility index (Phi) is 6.79. The van der Waals surface area contributed by atoms with E-state index in [0.717, 1.165) is 6.04 Å². The molecule has 0 saturated heterocycles. The molecule has 11 heavy (non-hydrogen) atoms. The number of hydrogen-bond acceptors (Lipinski definition) is 0. The van der Waals surface area contributed by atoms with Crippen LogP contribution < -0.4 is 0 Å². The van der Waals surface area contributed by atoms with E-state index < -0.39 is 6.69 Å². The quantitative estimate of drug-likeness (QED) is 0.346. The van der Waals surface area contributed by atoms with Crippen LogP contribution in [0.3, 0.4) is 0 Å². The van der Waals surface area contributed by atoms with Crippen LogP contribution in [0.5, 0.6) is 0 Å². The molecular formula is C8H18Cl2Si. The van der Waals surface area contributed by atoms with Gasteiger partial charge < -0.3 is 0 Å². The number of unbranched alkanes of at least 4 members (excludes halogenated alkanes) is 4. The van der Waals surface area contributed by atoms with Crippen LogP contribution in [0.4, 0.5) is 0 Å². The summed E-state index contributed by atoms with van der Waals surface area (Å²) in [6.07, 6.45) is 6.51. The van der Waals surface area contributed by atoms with Crippen molar-refractivity contribution in [2.45, 2.75) is 51.6 Å². The minimum Gasteiger partial charge on any atom is -0.146 e. The van der Waals surface area contributed by atoms with E-state index in [2.05, 4.69) is 6.92 Å². The van der Waals surface area contributed by atoms with Crippen molar-refractivity contribution >= 4 is 28.9 Å². The van der Waals surface area contributed by atoms with Crippen molar-refractivity contribution in [2.24, 2.45) is 0 Å². The van der Waals surface area contributed by atoms with Crippen LogP contribution in [0.1, 0.15) is 39.0 Å². The zero-order chi connectivity index (χ0) is 8.74. The van der Waals surface area contributed by atoms with Crippen LogP contribution in [0.2, 0.25) is 12.6 Å². The van der Waals surface area contributed by atoms with E-state index >= 15 is 0 Å². The van der Waals surface area contributed by atoms with Gasteiger partial charge in [0.2, 0.25) is 6.69 Å². The molecule has 3 heteroatoms. The normalized spacial score (nSPS) is 12.0. The van der Waals surface area contributed by atoms with E-state index in [9.17, 15) is 0 Å². The fourth-order valence-electron chi connectivity index (χ4n) is 1.04. The van der Waals surface area contributed by atoms with Gasteiger partial charge in [-0.1, -0.05) is 39.0 Å². The fraction of sp³-hybridized carbons (Fsp3) is 1.00. The maximum absolute atomic E-state index is 5.95. The summed E-state index contributed by atoms with van der Waals surface area (Å²) >= 11 is 11.9. The smallest absolute Gasteiger partial charge is 0.146 e. The first kappa shape index (κ1) is 11.8. The molecule has 0 heterocycles. The summed E-state index contributed by atoms with van der Waals surface area (Å²) in [5.74, 6) is 0. The van der Waals surface area contributed by atoms with Gasteiger partial charge in [0.15, 0.2) is 0 Å². The Bertz CT molecular complexity index is 88.6. The first-order chi connectivity index (χ1) is 5.06. The third-order valence-electron chi connectivity index (χ3n) is 1.72. The van der Waals surface area contributed by atoms with Crippen LogP contribution in [-0.4, -0.2) is 6.69 Å². The minimum absolute atomic E-state index is 1.06. The van der Waals surface area contributed by atoms with Crippen LogP contribution in [0, 0.1) is 0 Å². The molecular weight excluding hydrogens is 195 g/mol. The molecule has 0 aromatic carbocycles. The van der Waals surface area contributed by atoms with E-state index in [4.69, 9.17) is 22.2 Å². The maximum Gasteiger partial charge on any atom is 0.248 e. The third kappa shape index (κ3) is 10.8. The highest BCUT2D eigenvalue weighted by Crippen LogP contribution is 2.23. The average Bonchev–Trinajstić information content (AvgIpc) is 1.85. The zero-order valence-corrected chi connectivity index (χ0v) is 10.0. The van der Waals surface area contributed by atoms with Crippen LogP contribution >= 0.6 is 22.2 Å². The lowest BCUT2D eigenvalue weighted by Gasteiger charge is -2.08. The first-order valence-corrected chi connectivity index (χ1v) is 9.17. The van der Waals surface area contributed by atoms with Crippen molar-refractivity contribution in [3.05, 3.63) is 0 Å². The van der Waals surface area contributed by atoms with Crippen molar-refractivity contribution in [3.8, 4) is 0 Å². The predicted molar refractivity (Wildman–Crippen MR) is 56.9 cm³/mol. The van der Waals surface area contributed by atoms with Gasteiger partial charge in [-0.15, -0.1) is 22.2 Å². The molecule has 0 nitrogen and oxygen atoms in total. The van der Waals surface area contributed by atoms with Crippen molar-refractivity contribution in [1.29, 1.82) is 0 Å². The van der Waals surface area contributed by atoms with Gasteiger partial charge in [0, 0.05) is 0 Å². The minimum atomic E-state index is -1.77. The molecule has 0 aliphatic rings. The SMILES string of the molecule is CCCCCCC[Si](C)(Cl)Cl. The Balaban J connectivity index is 3.02. The summed E-state index contributed by atoms with van der Waals surface area (Å²) in [5.41, 5.74) is 0. The summed E-state index contributed by atoms with van der Waals surface area (Å²) in [7, 11) is 0. The van der Waals surface area contributed by atoms with E-state index in [1.807, 2.05) is 6.55 Å². The second-order valence-corrected chi connectivity index (χ2v) is 11.5. The molecule has 0 unspecified atom stereocenters. The van der Waals surface area contributed by atoms with E-state index in [-0.39, 0.29) is 0 Å². The summed E-state index contributed by atoms with van der Waals surface area (Å²) < 4.78 is 0. The van der Waals surface area contributed by atoms with Gasteiger partial charge in [-0.05, 0) is 12.6 Å². The molecule has 0 N–H and O–H groups in total. The average molecular weight is 213 g/mol. The van der Waals surface area contributed by atoms with Crippen LogP contribution in [0.15, 0.2) is 0 Å². The molecule has 0 spiro atoms. The van der Waals surface area contributed by atoms with E-state index in [1.54, 1.807) is 0 Å². The number of rotatable bonds is 6. The van der Waals surface area contributed by atoms with Crippen molar-refractivity contribution in [3.63, 3.8) is 0 Å². The molecule has 0 amide bonds. The molecule has 0 bridgehead atoms. The molecule has 68 valence electrons. The van der Waals surface area contributed by atoms with Crippen LogP contribution in [-0.2, 0) is 0 Å². The van der Waals surface area contributed by atoms with Crippen LogP contribution in [0.25, 0.3) is 0 Å². The van der Waals surface area contributed by atoms with E-state index in [0.29, 0.717) is 0 Å². The molecule has 0 saturated carbocycles. The topological polar surface area (TPSA) is 0 Å². The number of halogens is 2. The Labute approximate surface area is 80.7 Å². The predicted octanol–water partition coefficient (Wildman–Crippen LogP) is 4.51. The van der Waals surface area contributed by atoms with Crippen molar-refractivity contribution in [1.82, 2.24) is 0 Å². The highest BCUT2D eigenvalue weighted by atomic mass is 35.7. The summed E-state index contributed by atoms with van der Waals surface area (Å²) in [4.78, 5) is 0. The lowest BCUT2D eigenvalue weighted by atomic mass is 10.2. The molecule has 0 atom stereocenters. The first-order valence-electron chi connectivity index (χ1n) is 4.44. The number of hydrogen-bond donors (Lipinski definition) is 0. The molecule has 0 fully saturated rings. The molecule has 0 aliphatic heterocycles. The van der Waals surface area contributed by atoms with Gasteiger partial charge in [-0.2, -0.15) is 0 Å². The molecule has 0 radical (unpaired) electrons. The monoisotopic (exact) mass is 212 g/mol. The zero-order valence-electron chi connectivity index (χ0n) is 7.50. The fourth-order valence-corrected chi connectivity index (χ4v) is 2.71. The second-order valence-electron chi connectivity index (χ2n) is 3.23. The molecule has 0 aromatic rings. The van der Waals surface area contributed by atoms with Gasteiger partial charge in [0.1, 0.15) is 0 Å². The Morgan fingerprint density at radius 3 is 2.00 bits per heavy atom. The Morgan fingerprint density at radius 2 is 1.55 bits per heavy atom. The maximum atomic E-state index is 5.95. The lowest BCUT2D eigenvalue weighted by molar-refractivity contribution is 0.654. The van der Waals surface area contributed by atoms with Gasteiger partial charge in [0.25, 0.3) is 0 Å². The summed E-state index contributed by atoms with van der Waals surface area (Å²) in [6, 6.07) is 1.06. The summed E-state index contributed by atoms with van der Waals surface area (Å²) in [5, 5.41) is 0. The molecule has 0 aliphatic carbocycles. The highest BCUT2D eigenvalue weighted by molar-refractivity contribution is 7.44. The largest absolute Gasteiger partial charge is 0.248 e. The molecule has 0 rings (SSSR count). The standard InChI is InChI=1S/C8H18Cl2Si/c1-3-4-5-6-7-8-11(2,9)10/h3-8H2,1-2H3. The van der Waals surface area contributed by atoms with Gasteiger partial charge in [0.05, 0.1) is 0 Å². The molecule has 0 aromatic heterocycles.